The molecule has 23 heavy (non-hydrogen) atoms. The highest BCUT2D eigenvalue weighted by Gasteiger charge is 2.31. The summed E-state index contributed by atoms with van der Waals surface area (Å²) in [4.78, 5) is 12.1. The molecule has 0 saturated carbocycles. The standard InChI is InChI=1S/C15H16F3N3O2/c1-10(2)9-21-13(7-8-19-21)20-14(22)11-3-5-12(6-4-11)23-15(16,17)18/h3-8,10H,9H2,1-2H3,(H,20,22). The average molecular weight is 327 g/mol. The third-order valence-electron chi connectivity index (χ3n) is 2.85. The van der Waals surface area contributed by atoms with Crippen molar-refractivity contribution in [2.24, 2.45) is 5.92 Å². The molecule has 124 valence electrons. The molecule has 0 radical (unpaired) electrons. The average Bonchev–Trinajstić information content (AvgIpc) is 2.84. The zero-order valence-corrected chi connectivity index (χ0v) is 12.6. The van der Waals surface area contributed by atoms with Crippen molar-refractivity contribution in [1.82, 2.24) is 9.78 Å². The minimum atomic E-state index is -4.76. The van der Waals surface area contributed by atoms with Crippen LogP contribution in [-0.4, -0.2) is 22.1 Å². The Bertz CT molecular complexity index is 663. The zero-order valence-electron chi connectivity index (χ0n) is 12.6. The van der Waals surface area contributed by atoms with Crippen LogP contribution in [-0.2, 0) is 6.54 Å². The number of carbonyl (C=O) groups excluding carboxylic acids is 1. The summed E-state index contributed by atoms with van der Waals surface area (Å²) in [5.41, 5.74) is 0.219. The number of aromatic nitrogens is 2. The number of anilines is 1. The molecular weight excluding hydrogens is 311 g/mol. The summed E-state index contributed by atoms with van der Waals surface area (Å²) < 4.78 is 41.7. The first-order chi connectivity index (χ1) is 10.7. The number of halogens is 3. The molecule has 0 aliphatic rings. The van der Waals surface area contributed by atoms with E-state index in [0.29, 0.717) is 18.3 Å². The van der Waals surface area contributed by atoms with Gasteiger partial charge < -0.3 is 10.1 Å². The normalized spacial score (nSPS) is 11.6. The molecule has 0 fully saturated rings. The number of hydrogen-bond donors (Lipinski definition) is 1. The zero-order chi connectivity index (χ0) is 17.0. The van der Waals surface area contributed by atoms with Crippen molar-refractivity contribution in [1.29, 1.82) is 0 Å². The van der Waals surface area contributed by atoms with Gasteiger partial charge in [-0.25, -0.2) is 4.68 Å². The molecular formula is C15H16F3N3O2. The van der Waals surface area contributed by atoms with Crippen molar-refractivity contribution in [3.05, 3.63) is 42.1 Å². The van der Waals surface area contributed by atoms with Crippen LogP contribution < -0.4 is 10.1 Å². The Morgan fingerprint density at radius 3 is 2.48 bits per heavy atom. The van der Waals surface area contributed by atoms with Gasteiger partial charge in [0, 0.05) is 18.2 Å². The van der Waals surface area contributed by atoms with Crippen molar-refractivity contribution >= 4 is 11.7 Å². The highest BCUT2D eigenvalue weighted by molar-refractivity contribution is 6.03. The summed E-state index contributed by atoms with van der Waals surface area (Å²) in [5, 5.41) is 6.79. The van der Waals surface area contributed by atoms with E-state index < -0.39 is 12.3 Å². The van der Waals surface area contributed by atoms with Crippen LogP contribution in [0.1, 0.15) is 24.2 Å². The second-order valence-corrected chi connectivity index (χ2v) is 5.32. The van der Waals surface area contributed by atoms with E-state index in [0.717, 1.165) is 12.1 Å². The van der Waals surface area contributed by atoms with Crippen molar-refractivity contribution < 1.29 is 22.7 Å². The maximum atomic E-state index is 12.1. The van der Waals surface area contributed by atoms with Crippen LogP contribution in [0.2, 0.25) is 0 Å². The predicted octanol–water partition coefficient (Wildman–Crippen LogP) is 3.69. The van der Waals surface area contributed by atoms with E-state index in [4.69, 9.17) is 0 Å². The van der Waals surface area contributed by atoms with Crippen molar-refractivity contribution in [3.8, 4) is 5.75 Å². The summed E-state index contributed by atoms with van der Waals surface area (Å²) >= 11 is 0. The lowest BCUT2D eigenvalue weighted by Crippen LogP contribution is -2.18. The predicted molar refractivity (Wildman–Crippen MR) is 78.1 cm³/mol. The molecule has 0 saturated heterocycles. The van der Waals surface area contributed by atoms with Gasteiger partial charge in [-0.2, -0.15) is 5.10 Å². The number of alkyl halides is 3. The quantitative estimate of drug-likeness (QED) is 0.911. The van der Waals surface area contributed by atoms with Gasteiger partial charge in [-0.1, -0.05) is 13.8 Å². The lowest BCUT2D eigenvalue weighted by molar-refractivity contribution is -0.274. The fraction of sp³-hybridized carbons (Fsp3) is 0.333. The van der Waals surface area contributed by atoms with Gasteiger partial charge in [-0.3, -0.25) is 4.79 Å². The topological polar surface area (TPSA) is 56.2 Å². The first-order valence-electron chi connectivity index (χ1n) is 6.93. The summed E-state index contributed by atoms with van der Waals surface area (Å²) in [5.74, 6) is 0.0663. The van der Waals surface area contributed by atoms with Crippen LogP contribution in [0, 0.1) is 5.92 Å². The van der Waals surface area contributed by atoms with Gasteiger partial charge in [0.2, 0.25) is 0 Å². The van der Waals surface area contributed by atoms with Crippen LogP contribution in [0.5, 0.6) is 5.75 Å². The van der Waals surface area contributed by atoms with Crippen LogP contribution in [0.3, 0.4) is 0 Å². The third-order valence-corrected chi connectivity index (χ3v) is 2.85. The molecule has 1 aromatic carbocycles. The van der Waals surface area contributed by atoms with E-state index in [-0.39, 0.29) is 11.3 Å². The van der Waals surface area contributed by atoms with E-state index >= 15 is 0 Å². The molecule has 1 aromatic heterocycles. The monoisotopic (exact) mass is 327 g/mol. The van der Waals surface area contributed by atoms with E-state index in [1.165, 1.54) is 12.1 Å². The number of nitrogens with one attached hydrogen (secondary N) is 1. The van der Waals surface area contributed by atoms with Gasteiger partial charge >= 0.3 is 6.36 Å². The Hall–Kier alpha value is -2.51. The molecule has 1 heterocycles. The van der Waals surface area contributed by atoms with E-state index in [2.05, 4.69) is 15.2 Å². The maximum Gasteiger partial charge on any atom is 0.573 e. The van der Waals surface area contributed by atoms with Gasteiger partial charge in [0.25, 0.3) is 5.91 Å². The Morgan fingerprint density at radius 1 is 1.26 bits per heavy atom. The Labute approximate surface area is 131 Å². The minimum Gasteiger partial charge on any atom is -0.406 e. The largest absolute Gasteiger partial charge is 0.573 e. The Balaban J connectivity index is 2.05. The fourth-order valence-electron chi connectivity index (χ4n) is 1.93. The number of rotatable bonds is 5. The van der Waals surface area contributed by atoms with Crippen LogP contribution in [0.25, 0.3) is 0 Å². The van der Waals surface area contributed by atoms with E-state index in [1.54, 1.807) is 16.9 Å². The van der Waals surface area contributed by atoms with Gasteiger partial charge in [-0.05, 0) is 30.2 Å². The molecule has 2 aromatic rings. The molecule has 1 amide bonds. The second-order valence-electron chi connectivity index (χ2n) is 5.32. The maximum absolute atomic E-state index is 12.1. The van der Waals surface area contributed by atoms with Gasteiger partial charge in [0.15, 0.2) is 0 Å². The molecule has 0 bridgehead atoms. The molecule has 1 N–H and O–H groups in total. The molecule has 0 spiro atoms. The lowest BCUT2D eigenvalue weighted by atomic mass is 10.2. The highest BCUT2D eigenvalue weighted by Crippen LogP contribution is 2.23. The molecule has 0 aliphatic carbocycles. The minimum absolute atomic E-state index is 0.219. The summed E-state index contributed by atoms with van der Waals surface area (Å²) in [6, 6.07) is 6.36. The van der Waals surface area contributed by atoms with Gasteiger partial charge in [0.05, 0.1) is 6.20 Å². The number of hydrogen-bond acceptors (Lipinski definition) is 3. The summed E-state index contributed by atoms with van der Waals surface area (Å²) in [6.45, 7) is 4.68. The van der Waals surface area contributed by atoms with Crippen LogP contribution >= 0.6 is 0 Å². The lowest BCUT2D eigenvalue weighted by Gasteiger charge is -2.11. The SMILES string of the molecule is CC(C)Cn1nccc1NC(=O)c1ccc(OC(F)(F)F)cc1. The van der Waals surface area contributed by atoms with Gasteiger partial charge in [0.1, 0.15) is 11.6 Å². The fourth-order valence-corrected chi connectivity index (χ4v) is 1.93. The number of carbonyl (C=O) groups is 1. The first-order valence-corrected chi connectivity index (χ1v) is 6.93. The van der Waals surface area contributed by atoms with Crippen LogP contribution in [0.4, 0.5) is 19.0 Å². The van der Waals surface area contributed by atoms with Gasteiger partial charge in [-0.15, -0.1) is 13.2 Å². The smallest absolute Gasteiger partial charge is 0.406 e. The third kappa shape index (κ3) is 5.01. The Kier molecular flexibility index (Phi) is 4.92. The number of amides is 1. The molecule has 5 nitrogen and oxygen atoms in total. The summed E-state index contributed by atoms with van der Waals surface area (Å²) in [6.07, 6.45) is -3.19. The molecule has 0 atom stereocenters. The van der Waals surface area contributed by atoms with E-state index in [1.807, 2.05) is 13.8 Å². The first kappa shape index (κ1) is 16.9. The molecule has 2 rings (SSSR count). The van der Waals surface area contributed by atoms with Crippen molar-refractivity contribution in [2.75, 3.05) is 5.32 Å². The van der Waals surface area contributed by atoms with Crippen LogP contribution in [0.15, 0.2) is 36.5 Å². The highest BCUT2D eigenvalue weighted by atomic mass is 19.4. The number of ether oxygens (including phenoxy) is 1. The molecule has 0 unspecified atom stereocenters. The summed E-state index contributed by atoms with van der Waals surface area (Å²) in [7, 11) is 0. The molecule has 8 heteroatoms. The molecule has 0 aliphatic heterocycles. The van der Waals surface area contributed by atoms with Crippen molar-refractivity contribution in [3.63, 3.8) is 0 Å². The number of nitrogens with zero attached hydrogens (tertiary/aromatic N) is 2. The Morgan fingerprint density at radius 2 is 1.91 bits per heavy atom. The second kappa shape index (κ2) is 6.72. The van der Waals surface area contributed by atoms with Crippen molar-refractivity contribution in [2.45, 2.75) is 26.8 Å². The number of benzene rings is 1. The van der Waals surface area contributed by atoms with E-state index in [9.17, 15) is 18.0 Å².